The minimum Gasteiger partial charge on any atom is -0.494 e. The molecule has 0 spiro atoms. The maximum absolute atomic E-state index is 13.6. The number of benzene rings is 1. The lowest BCUT2D eigenvalue weighted by Crippen LogP contribution is -1.95. The minimum atomic E-state index is -0.303. The Kier molecular flexibility index (Phi) is 2.12. The third kappa shape index (κ3) is 1.15. The van der Waals surface area contributed by atoms with Gasteiger partial charge in [0.15, 0.2) is 11.6 Å². The van der Waals surface area contributed by atoms with Gasteiger partial charge in [-0.3, -0.25) is 0 Å². The summed E-state index contributed by atoms with van der Waals surface area (Å²) >= 11 is 0. The van der Waals surface area contributed by atoms with Gasteiger partial charge in [0.05, 0.1) is 19.1 Å². The molecule has 72 valence electrons. The number of halogens is 1. The number of hydrogen-bond acceptors (Lipinski definition) is 2. The van der Waals surface area contributed by atoms with Gasteiger partial charge in [0, 0.05) is 0 Å². The van der Waals surface area contributed by atoms with Gasteiger partial charge >= 0.3 is 0 Å². The van der Waals surface area contributed by atoms with Crippen LogP contribution in [-0.2, 0) is 6.42 Å². The fourth-order valence-electron chi connectivity index (χ4n) is 1.93. The van der Waals surface area contributed by atoms with E-state index in [1.54, 1.807) is 12.1 Å². The van der Waals surface area contributed by atoms with Crippen molar-refractivity contribution < 1.29 is 9.13 Å². The van der Waals surface area contributed by atoms with Gasteiger partial charge in [0.2, 0.25) is 0 Å². The number of nitrogens with zero attached hydrogens (tertiary/aromatic N) is 1. The average molecular weight is 191 g/mol. The van der Waals surface area contributed by atoms with Crippen LogP contribution in [0.4, 0.5) is 4.39 Å². The molecule has 0 radical (unpaired) electrons. The molecule has 0 amide bonds. The van der Waals surface area contributed by atoms with Crippen molar-refractivity contribution in [2.75, 3.05) is 7.11 Å². The van der Waals surface area contributed by atoms with E-state index in [4.69, 9.17) is 10.00 Å². The summed E-state index contributed by atoms with van der Waals surface area (Å²) in [5.41, 5.74) is 1.47. The highest BCUT2D eigenvalue weighted by Gasteiger charge is 2.26. The molecule has 1 aromatic rings. The van der Waals surface area contributed by atoms with Crippen LogP contribution in [0.3, 0.4) is 0 Å². The van der Waals surface area contributed by atoms with Gasteiger partial charge in [-0.05, 0) is 30.0 Å². The number of rotatable bonds is 1. The molecule has 1 aliphatic rings. The summed E-state index contributed by atoms with van der Waals surface area (Å²) in [5.74, 6) is -0.185. The third-order valence-electron chi connectivity index (χ3n) is 2.68. The first-order valence-electron chi connectivity index (χ1n) is 4.52. The molecular formula is C11H10FNO. The van der Waals surface area contributed by atoms with Crippen molar-refractivity contribution in [2.24, 2.45) is 0 Å². The maximum Gasteiger partial charge on any atom is 0.168 e. The van der Waals surface area contributed by atoms with E-state index in [1.165, 1.54) is 7.11 Å². The molecule has 14 heavy (non-hydrogen) atoms. The van der Waals surface area contributed by atoms with Gasteiger partial charge in [-0.2, -0.15) is 5.26 Å². The highest BCUT2D eigenvalue weighted by atomic mass is 19.1. The lowest BCUT2D eigenvalue weighted by atomic mass is 10.0. The van der Waals surface area contributed by atoms with Crippen molar-refractivity contribution in [2.45, 2.75) is 18.8 Å². The number of nitriles is 1. The molecule has 3 heteroatoms. The first-order valence-corrected chi connectivity index (χ1v) is 4.52. The first kappa shape index (κ1) is 9.01. The SMILES string of the molecule is COc1ccc2c(c1F)CCC2C#N. The highest BCUT2D eigenvalue weighted by molar-refractivity contribution is 5.44. The molecule has 0 fully saturated rings. The van der Waals surface area contributed by atoms with Crippen LogP contribution in [0.1, 0.15) is 23.5 Å². The largest absolute Gasteiger partial charge is 0.494 e. The van der Waals surface area contributed by atoms with Crippen LogP contribution in [0.2, 0.25) is 0 Å². The Labute approximate surface area is 81.9 Å². The predicted octanol–water partition coefficient (Wildman–Crippen LogP) is 2.39. The Hall–Kier alpha value is -1.56. The van der Waals surface area contributed by atoms with E-state index in [0.717, 1.165) is 12.0 Å². The van der Waals surface area contributed by atoms with Crippen molar-refractivity contribution in [1.29, 1.82) is 5.26 Å². The Balaban J connectivity index is 2.53. The van der Waals surface area contributed by atoms with Gasteiger partial charge in [-0.1, -0.05) is 6.07 Å². The van der Waals surface area contributed by atoms with Gasteiger partial charge in [-0.15, -0.1) is 0 Å². The Morgan fingerprint density at radius 2 is 2.36 bits per heavy atom. The second-order valence-electron chi connectivity index (χ2n) is 3.37. The molecule has 0 bridgehead atoms. The second-order valence-corrected chi connectivity index (χ2v) is 3.37. The number of ether oxygens (including phenoxy) is 1. The molecule has 2 rings (SSSR count). The molecule has 0 saturated heterocycles. The fraction of sp³-hybridized carbons (Fsp3) is 0.364. The standard InChI is InChI=1S/C11H10FNO/c1-14-10-5-4-8-7(6-13)2-3-9(8)11(10)12/h4-5,7H,2-3H2,1H3. The topological polar surface area (TPSA) is 33.0 Å². The summed E-state index contributed by atoms with van der Waals surface area (Å²) in [4.78, 5) is 0. The zero-order valence-electron chi connectivity index (χ0n) is 7.88. The third-order valence-corrected chi connectivity index (χ3v) is 2.68. The molecule has 2 nitrogen and oxygen atoms in total. The van der Waals surface area contributed by atoms with Gasteiger partial charge < -0.3 is 4.74 Å². The molecule has 0 aliphatic heterocycles. The van der Waals surface area contributed by atoms with Crippen molar-refractivity contribution in [1.82, 2.24) is 0 Å². The smallest absolute Gasteiger partial charge is 0.168 e. The molecule has 1 aliphatic carbocycles. The number of methoxy groups -OCH3 is 1. The van der Waals surface area contributed by atoms with Crippen molar-refractivity contribution in [3.63, 3.8) is 0 Å². The van der Waals surface area contributed by atoms with E-state index < -0.39 is 0 Å². The molecular weight excluding hydrogens is 181 g/mol. The summed E-state index contributed by atoms with van der Waals surface area (Å²) in [7, 11) is 1.45. The Bertz CT molecular complexity index is 408. The summed E-state index contributed by atoms with van der Waals surface area (Å²) in [6.45, 7) is 0. The van der Waals surface area contributed by atoms with E-state index in [1.807, 2.05) is 0 Å². The van der Waals surface area contributed by atoms with Crippen LogP contribution in [0.25, 0.3) is 0 Å². The first-order chi connectivity index (χ1) is 6.77. The minimum absolute atomic E-state index is 0.148. The van der Waals surface area contributed by atoms with Gasteiger partial charge in [-0.25, -0.2) is 4.39 Å². The van der Waals surface area contributed by atoms with Crippen molar-refractivity contribution >= 4 is 0 Å². The Morgan fingerprint density at radius 1 is 1.57 bits per heavy atom. The van der Waals surface area contributed by atoms with Crippen LogP contribution < -0.4 is 4.74 Å². The van der Waals surface area contributed by atoms with Crippen molar-refractivity contribution in [3.8, 4) is 11.8 Å². The van der Waals surface area contributed by atoms with Crippen LogP contribution >= 0.6 is 0 Å². The summed E-state index contributed by atoms with van der Waals surface area (Å²) in [6, 6.07) is 5.55. The summed E-state index contributed by atoms with van der Waals surface area (Å²) in [5, 5.41) is 8.83. The molecule has 0 aromatic heterocycles. The van der Waals surface area contributed by atoms with E-state index >= 15 is 0 Å². The molecule has 0 heterocycles. The van der Waals surface area contributed by atoms with E-state index in [-0.39, 0.29) is 17.5 Å². The quantitative estimate of drug-likeness (QED) is 0.682. The normalized spacial score (nSPS) is 18.8. The molecule has 1 atom stereocenters. The highest BCUT2D eigenvalue weighted by Crippen LogP contribution is 2.37. The van der Waals surface area contributed by atoms with Crippen LogP contribution in [-0.4, -0.2) is 7.11 Å². The molecule has 0 N–H and O–H groups in total. The summed E-state index contributed by atoms with van der Waals surface area (Å²) in [6.07, 6.45) is 1.35. The lowest BCUT2D eigenvalue weighted by Gasteiger charge is -2.07. The van der Waals surface area contributed by atoms with Gasteiger partial charge in [0.25, 0.3) is 0 Å². The monoisotopic (exact) mass is 191 g/mol. The van der Waals surface area contributed by atoms with E-state index in [9.17, 15) is 4.39 Å². The summed E-state index contributed by atoms with van der Waals surface area (Å²) < 4.78 is 18.5. The Morgan fingerprint density at radius 3 is 3.00 bits per heavy atom. The fourth-order valence-corrected chi connectivity index (χ4v) is 1.93. The maximum atomic E-state index is 13.6. The predicted molar refractivity (Wildman–Crippen MR) is 49.6 cm³/mol. The van der Waals surface area contributed by atoms with Gasteiger partial charge in [0.1, 0.15) is 0 Å². The van der Waals surface area contributed by atoms with Crippen LogP contribution in [0.15, 0.2) is 12.1 Å². The van der Waals surface area contributed by atoms with Crippen LogP contribution in [0, 0.1) is 17.1 Å². The van der Waals surface area contributed by atoms with Crippen molar-refractivity contribution in [3.05, 3.63) is 29.1 Å². The molecule has 0 saturated carbocycles. The number of fused-ring (bicyclic) bond motifs is 1. The molecule has 1 aromatic carbocycles. The lowest BCUT2D eigenvalue weighted by molar-refractivity contribution is 0.384. The van der Waals surface area contributed by atoms with Crippen LogP contribution in [0.5, 0.6) is 5.75 Å². The van der Waals surface area contributed by atoms with E-state index in [2.05, 4.69) is 6.07 Å². The zero-order chi connectivity index (χ0) is 10.1. The zero-order valence-corrected chi connectivity index (χ0v) is 7.88. The number of hydrogen-bond donors (Lipinski definition) is 0. The molecule has 1 unspecified atom stereocenters. The average Bonchev–Trinajstić information content (AvgIpc) is 2.62. The second kappa shape index (κ2) is 3.30. The van der Waals surface area contributed by atoms with E-state index in [0.29, 0.717) is 12.0 Å².